The molecule has 0 spiro atoms. The Morgan fingerprint density at radius 3 is 2.89 bits per heavy atom. The summed E-state index contributed by atoms with van der Waals surface area (Å²) in [5.74, 6) is 1.43. The lowest BCUT2D eigenvalue weighted by Crippen LogP contribution is -2.06. The van der Waals surface area contributed by atoms with Gasteiger partial charge in [-0.2, -0.15) is 0 Å². The van der Waals surface area contributed by atoms with Gasteiger partial charge in [0.1, 0.15) is 12.0 Å². The number of benzene rings is 1. The molecule has 1 aromatic heterocycles. The van der Waals surface area contributed by atoms with Crippen LogP contribution in [0.3, 0.4) is 0 Å². The minimum absolute atomic E-state index is 0.00650. The normalized spacial score (nSPS) is 12.7. The summed E-state index contributed by atoms with van der Waals surface area (Å²) in [6.45, 7) is 3.78. The molecule has 0 saturated carbocycles. The van der Waals surface area contributed by atoms with Crippen molar-refractivity contribution >= 4 is 5.78 Å². The maximum absolute atomic E-state index is 11.8. The van der Waals surface area contributed by atoms with Crippen LogP contribution in [0.25, 0.3) is 5.69 Å². The van der Waals surface area contributed by atoms with Crippen molar-refractivity contribution in [2.45, 2.75) is 20.3 Å². The van der Waals surface area contributed by atoms with Gasteiger partial charge >= 0.3 is 0 Å². The SMILES string of the molecule is CCc1ncn(-c2ccc3c(c2)OCO3)c1C(C)=O. The molecule has 0 fully saturated rings. The van der Waals surface area contributed by atoms with E-state index in [1.165, 1.54) is 0 Å². The van der Waals surface area contributed by atoms with Crippen molar-refractivity contribution in [3.8, 4) is 17.2 Å². The van der Waals surface area contributed by atoms with E-state index in [1.807, 2.05) is 25.1 Å². The van der Waals surface area contributed by atoms with Gasteiger partial charge in [0.15, 0.2) is 17.3 Å². The number of hydrogen-bond donors (Lipinski definition) is 0. The Balaban J connectivity index is 2.12. The summed E-state index contributed by atoms with van der Waals surface area (Å²) in [6, 6.07) is 5.59. The van der Waals surface area contributed by atoms with Crippen LogP contribution >= 0.6 is 0 Å². The predicted molar refractivity (Wildman–Crippen MR) is 69.1 cm³/mol. The highest BCUT2D eigenvalue weighted by molar-refractivity contribution is 5.94. The molecule has 0 N–H and O–H groups in total. The largest absolute Gasteiger partial charge is 0.454 e. The molecule has 0 aliphatic carbocycles. The summed E-state index contributed by atoms with van der Waals surface area (Å²) < 4.78 is 12.4. The maximum atomic E-state index is 11.8. The van der Waals surface area contributed by atoms with E-state index < -0.39 is 0 Å². The number of imidazole rings is 1. The third-order valence-electron chi connectivity index (χ3n) is 3.15. The number of ether oxygens (including phenoxy) is 2. The highest BCUT2D eigenvalue weighted by Gasteiger charge is 2.18. The Morgan fingerprint density at radius 1 is 1.37 bits per heavy atom. The first-order valence-electron chi connectivity index (χ1n) is 6.18. The minimum atomic E-state index is 0.00650. The molecule has 1 aliphatic rings. The lowest BCUT2D eigenvalue weighted by atomic mass is 10.2. The van der Waals surface area contributed by atoms with E-state index in [9.17, 15) is 4.79 Å². The van der Waals surface area contributed by atoms with E-state index >= 15 is 0 Å². The van der Waals surface area contributed by atoms with Crippen molar-refractivity contribution < 1.29 is 14.3 Å². The van der Waals surface area contributed by atoms with Gasteiger partial charge in [0.25, 0.3) is 0 Å². The van der Waals surface area contributed by atoms with E-state index in [1.54, 1.807) is 17.8 Å². The highest BCUT2D eigenvalue weighted by Crippen LogP contribution is 2.34. The topological polar surface area (TPSA) is 53.4 Å². The number of aromatic nitrogens is 2. The van der Waals surface area contributed by atoms with Crippen molar-refractivity contribution in [3.63, 3.8) is 0 Å². The highest BCUT2D eigenvalue weighted by atomic mass is 16.7. The van der Waals surface area contributed by atoms with Crippen molar-refractivity contribution in [1.82, 2.24) is 9.55 Å². The molecule has 5 heteroatoms. The average molecular weight is 258 g/mol. The molecule has 1 aliphatic heterocycles. The second-order valence-electron chi connectivity index (χ2n) is 4.36. The van der Waals surface area contributed by atoms with Crippen LogP contribution in [-0.2, 0) is 6.42 Å². The van der Waals surface area contributed by atoms with E-state index in [2.05, 4.69) is 4.98 Å². The lowest BCUT2D eigenvalue weighted by Gasteiger charge is -2.08. The quantitative estimate of drug-likeness (QED) is 0.793. The number of fused-ring (bicyclic) bond motifs is 1. The zero-order valence-electron chi connectivity index (χ0n) is 10.8. The van der Waals surface area contributed by atoms with Gasteiger partial charge in [0.05, 0.1) is 11.4 Å². The van der Waals surface area contributed by atoms with Gasteiger partial charge in [-0.15, -0.1) is 0 Å². The van der Waals surface area contributed by atoms with Gasteiger partial charge in [-0.1, -0.05) is 6.92 Å². The van der Waals surface area contributed by atoms with Crippen molar-refractivity contribution in [1.29, 1.82) is 0 Å². The number of carbonyl (C=O) groups excluding carboxylic acids is 1. The number of hydrogen-bond acceptors (Lipinski definition) is 4. The van der Waals surface area contributed by atoms with Crippen LogP contribution in [0, 0.1) is 0 Å². The van der Waals surface area contributed by atoms with Crippen LogP contribution in [0.4, 0.5) is 0 Å². The first-order valence-corrected chi connectivity index (χ1v) is 6.18. The molecular weight excluding hydrogens is 244 g/mol. The molecule has 3 rings (SSSR count). The van der Waals surface area contributed by atoms with Crippen LogP contribution in [0.2, 0.25) is 0 Å². The zero-order chi connectivity index (χ0) is 13.4. The van der Waals surface area contributed by atoms with E-state index in [0.717, 1.165) is 23.6 Å². The lowest BCUT2D eigenvalue weighted by molar-refractivity contribution is 0.101. The first kappa shape index (κ1) is 11.8. The third-order valence-corrected chi connectivity index (χ3v) is 3.15. The molecule has 5 nitrogen and oxygen atoms in total. The fourth-order valence-electron chi connectivity index (χ4n) is 2.25. The fourth-order valence-corrected chi connectivity index (χ4v) is 2.25. The molecular formula is C14H14N2O3. The number of nitrogens with zero attached hydrogens (tertiary/aromatic N) is 2. The number of ketones is 1. The second-order valence-corrected chi connectivity index (χ2v) is 4.36. The molecule has 0 unspecified atom stereocenters. The van der Waals surface area contributed by atoms with Crippen molar-refractivity contribution in [3.05, 3.63) is 35.9 Å². The Hall–Kier alpha value is -2.30. The molecule has 0 atom stereocenters. The molecule has 0 saturated heterocycles. The smallest absolute Gasteiger partial charge is 0.231 e. The average Bonchev–Trinajstić information content (AvgIpc) is 3.03. The van der Waals surface area contributed by atoms with Gasteiger partial charge in [-0.05, 0) is 18.6 Å². The summed E-state index contributed by atoms with van der Waals surface area (Å²) in [5.41, 5.74) is 2.29. The molecule has 98 valence electrons. The molecule has 19 heavy (non-hydrogen) atoms. The first-order chi connectivity index (χ1) is 9.20. The standard InChI is InChI=1S/C14H14N2O3/c1-3-11-14(9(2)17)16(7-15-11)10-4-5-12-13(6-10)19-8-18-12/h4-7H,3,8H2,1-2H3. The maximum Gasteiger partial charge on any atom is 0.231 e. The summed E-state index contributed by atoms with van der Waals surface area (Å²) in [7, 11) is 0. The summed E-state index contributed by atoms with van der Waals surface area (Å²) in [5, 5.41) is 0. The number of aryl methyl sites for hydroxylation is 1. The number of Topliss-reactive ketones (excluding diaryl/α,β-unsaturated/α-hetero) is 1. The van der Waals surface area contributed by atoms with E-state index in [0.29, 0.717) is 11.4 Å². The van der Waals surface area contributed by atoms with Crippen LogP contribution in [0.15, 0.2) is 24.5 Å². The van der Waals surface area contributed by atoms with Crippen LogP contribution in [0.5, 0.6) is 11.5 Å². The minimum Gasteiger partial charge on any atom is -0.454 e. The van der Waals surface area contributed by atoms with Crippen LogP contribution in [0.1, 0.15) is 30.0 Å². The molecule has 2 aromatic rings. The Bertz CT molecular complexity index is 646. The molecule has 1 aromatic carbocycles. The van der Waals surface area contributed by atoms with Gasteiger partial charge in [-0.25, -0.2) is 4.98 Å². The van der Waals surface area contributed by atoms with Crippen molar-refractivity contribution in [2.24, 2.45) is 0 Å². The summed E-state index contributed by atoms with van der Waals surface area (Å²) >= 11 is 0. The van der Waals surface area contributed by atoms with Gasteiger partial charge in [0.2, 0.25) is 6.79 Å². The molecule has 0 amide bonds. The zero-order valence-corrected chi connectivity index (χ0v) is 10.8. The molecule has 0 bridgehead atoms. The molecule has 2 heterocycles. The van der Waals surface area contributed by atoms with Crippen LogP contribution < -0.4 is 9.47 Å². The van der Waals surface area contributed by atoms with Crippen molar-refractivity contribution in [2.75, 3.05) is 6.79 Å². The van der Waals surface area contributed by atoms with E-state index in [-0.39, 0.29) is 12.6 Å². The number of carbonyl (C=O) groups is 1. The third kappa shape index (κ3) is 1.87. The number of rotatable bonds is 3. The monoisotopic (exact) mass is 258 g/mol. The second kappa shape index (κ2) is 4.42. The summed E-state index contributed by atoms with van der Waals surface area (Å²) in [6.07, 6.45) is 2.40. The van der Waals surface area contributed by atoms with E-state index in [4.69, 9.17) is 9.47 Å². The van der Waals surface area contributed by atoms with Gasteiger partial charge < -0.3 is 9.47 Å². The Kier molecular flexibility index (Phi) is 2.74. The van der Waals surface area contributed by atoms with Crippen LogP contribution in [-0.4, -0.2) is 22.1 Å². The Morgan fingerprint density at radius 2 is 2.16 bits per heavy atom. The predicted octanol–water partition coefficient (Wildman–Crippen LogP) is 2.37. The Labute approximate surface area is 110 Å². The van der Waals surface area contributed by atoms with Gasteiger partial charge in [-0.3, -0.25) is 9.36 Å². The summed E-state index contributed by atoms with van der Waals surface area (Å²) in [4.78, 5) is 16.1. The fraction of sp³-hybridized carbons (Fsp3) is 0.286. The molecule has 0 radical (unpaired) electrons. The van der Waals surface area contributed by atoms with Gasteiger partial charge in [0, 0.05) is 13.0 Å².